The van der Waals surface area contributed by atoms with Gasteiger partial charge in [-0.25, -0.2) is 9.00 Å². The Morgan fingerprint density at radius 3 is 2.25 bits per heavy atom. The Hall–Kier alpha value is -5.88. The van der Waals surface area contributed by atoms with E-state index in [4.69, 9.17) is 13.9 Å². The number of ether oxygens (including phenoxy) is 1. The molecule has 11 heteroatoms. The average Bonchev–Trinajstić information content (AvgIpc) is 3.97. The Balaban J connectivity index is 0.988. The fourth-order valence-corrected chi connectivity index (χ4v) is 9.76. The standard InChI is InChI=1S/C46H39N3O7S/c50-43-19-20-44(51)49(43)55-46(52)31-21-24-47(25-22-31)56-57(53)42-12-6-4-10-38(42)45-36-17-14-32(35-16-13-29-7-1-3-9-34(29)35)27-40(36)54-41-28-33(15-18-37(41)45)48-26-23-30-8-2-5-11-39(30)48/h1-12,14-15,17-18,27-28,31H,13,16,19-26H2/b35-32+. The second kappa shape index (κ2) is 14.6. The Kier molecular flexibility index (Phi) is 9.08. The van der Waals surface area contributed by atoms with Gasteiger partial charge in [-0.1, -0.05) is 66.7 Å². The van der Waals surface area contributed by atoms with Crippen LogP contribution in [0.25, 0.3) is 11.1 Å². The summed E-state index contributed by atoms with van der Waals surface area (Å²) < 4.78 is 27.2. The number of rotatable bonds is 7. The van der Waals surface area contributed by atoms with Crippen molar-refractivity contribution >= 4 is 51.4 Å². The van der Waals surface area contributed by atoms with Crippen LogP contribution in [0.5, 0.6) is 11.5 Å². The van der Waals surface area contributed by atoms with E-state index in [1.54, 1.807) is 5.06 Å². The minimum Gasteiger partial charge on any atom is -0.456 e. The summed E-state index contributed by atoms with van der Waals surface area (Å²) in [6.07, 6.45) is 3.74. The van der Waals surface area contributed by atoms with Crippen LogP contribution in [0.2, 0.25) is 0 Å². The van der Waals surface area contributed by atoms with Crippen molar-refractivity contribution in [2.24, 2.45) is 5.92 Å². The van der Waals surface area contributed by atoms with Crippen molar-refractivity contribution in [2.75, 3.05) is 24.5 Å². The molecular formula is C46H39N3O7S. The molecule has 1 unspecified atom stereocenters. The van der Waals surface area contributed by atoms with E-state index in [0.29, 0.717) is 35.9 Å². The summed E-state index contributed by atoms with van der Waals surface area (Å²) in [5, 5.41) is 4.22. The summed E-state index contributed by atoms with van der Waals surface area (Å²) in [4.78, 5) is 44.8. The van der Waals surface area contributed by atoms with Crippen molar-refractivity contribution in [3.63, 3.8) is 0 Å². The largest absolute Gasteiger partial charge is 0.456 e. The van der Waals surface area contributed by atoms with Crippen LogP contribution in [0.3, 0.4) is 0 Å². The van der Waals surface area contributed by atoms with Crippen LogP contribution in [0.4, 0.5) is 11.4 Å². The molecule has 0 saturated carbocycles. The first-order valence-electron chi connectivity index (χ1n) is 19.6. The number of hydroxylamine groups is 4. The molecular weight excluding hydrogens is 739 g/mol. The first-order chi connectivity index (χ1) is 27.9. The number of benzene rings is 5. The molecule has 2 saturated heterocycles. The zero-order valence-corrected chi connectivity index (χ0v) is 32.0. The maximum atomic E-state index is 14.2. The van der Waals surface area contributed by atoms with Gasteiger partial charge in [0.1, 0.15) is 11.5 Å². The highest BCUT2D eigenvalue weighted by Crippen LogP contribution is 2.43. The molecule has 0 aromatic heterocycles. The van der Waals surface area contributed by atoms with E-state index in [9.17, 15) is 18.6 Å². The second-order valence-corrected chi connectivity index (χ2v) is 16.1. The lowest BCUT2D eigenvalue weighted by molar-refractivity contribution is -0.202. The molecule has 286 valence electrons. The highest BCUT2D eigenvalue weighted by molar-refractivity contribution is 7.80. The number of hydrogen-bond acceptors (Lipinski definition) is 9. The van der Waals surface area contributed by atoms with Gasteiger partial charge in [-0.15, -0.1) is 5.06 Å². The lowest BCUT2D eigenvalue weighted by Gasteiger charge is -2.29. The SMILES string of the molecule is O=C(ON1C(=O)CCC1=O)C1CCN(OS(=O)c2ccccc2C2=c3cc/c(=C4/CCc5ccccc54)cc3Oc3cc(N4CCc5ccccc54)ccc32)CC1. The summed E-state index contributed by atoms with van der Waals surface area (Å²) in [6, 6.07) is 37.5. The summed E-state index contributed by atoms with van der Waals surface area (Å²) in [6.45, 7) is 1.51. The number of fused-ring (bicyclic) bond motifs is 4. The summed E-state index contributed by atoms with van der Waals surface area (Å²) >= 11 is -1.91. The van der Waals surface area contributed by atoms with Crippen LogP contribution in [0, 0.1) is 5.92 Å². The third-order valence-electron chi connectivity index (χ3n) is 11.7. The van der Waals surface area contributed by atoms with Crippen LogP contribution < -0.4 is 20.1 Å². The highest BCUT2D eigenvalue weighted by atomic mass is 32.2. The number of carbonyl (C=O) groups excluding carboxylic acids is 3. The predicted molar refractivity (Wildman–Crippen MR) is 214 cm³/mol. The fraction of sp³-hybridized carbons (Fsp3) is 0.239. The van der Waals surface area contributed by atoms with E-state index in [1.807, 2.05) is 24.3 Å². The summed E-state index contributed by atoms with van der Waals surface area (Å²) in [5.74, 6) is -0.689. The van der Waals surface area contributed by atoms with Crippen LogP contribution in [0.1, 0.15) is 59.9 Å². The number of amides is 2. The minimum absolute atomic E-state index is 0.0409. The van der Waals surface area contributed by atoms with Crippen molar-refractivity contribution in [1.29, 1.82) is 0 Å². The quantitative estimate of drug-likeness (QED) is 0.177. The topological polar surface area (TPSA) is 106 Å². The summed E-state index contributed by atoms with van der Waals surface area (Å²) in [7, 11) is 0. The third-order valence-corrected chi connectivity index (χ3v) is 12.8. The molecule has 57 heavy (non-hydrogen) atoms. The lowest BCUT2D eigenvalue weighted by Crippen LogP contribution is -2.40. The predicted octanol–water partition coefficient (Wildman–Crippen LogP) is 6.15. The molecule has 0 radical (unpaired) electrons. The number of para-hydroxylation sites is 1. The number of imide groups is 1. The Morgan fingerprint density at radius 2 is 1.42 bits per heavy atom. The molecule has 1 atom stereocenters. The molecule has 2 amide bonds. The fourth-order valence-electron chi connectivity index (χ4n) is 8.80. The molecule has 2 fully saturated rings. The van der Waals surface area contributed by atoms with Crippen molar-refractivity contribution in [1.82, 2.24) is 10.1 Å². The molecule has 5 aliphatic rings. The van der Waals surface area contributed by atoms with Crippen molar-refractivity contribution < 1.29 is 32.5 Å². The minimum atomic E-state index is -1.91. The Morgan fingerprint density at radius 1 is 0.684 bits per heavy atom. The van der Waals surface area contributed by atoms with E-state index >= 15 is 0 Å². The number of hydrogen-bond donors (Lipinski definition) is 0. The molecule has 1 aliphatic carbocycles. The molecule has 4 heterocycles. The first kappa shape index (κ1) is 35.5. The normalized spacial score (nSPS) is 19.2. The van der Waals surface area contributed by atoms with Crippen molar-refractivity contribution in [2.45, 2.75) is 49.8 Å². The van der Waals surface area contributed by atoms with Gasteiger partial charge in [0.15, 0.2) is 0 Å². The number of carbonyl (C=O) groups is 3. The number of nitrogens with zero attached hydrogens (tertiary/aromatic N) is 3. The smallest absolute Gasteiger partial charge is 0.336 e. The van der Waals surface area contributed by atoms with Gasteiger partial charge in [0.05, 0.1) is 10.8 Å². The van der Waals surface area contributed by atoms with Gasteiger partial charge in [-0.2, -0.15) is 9.35 Å². The average molecular weight is 778 g/mol. The maximum Gasteiger partial charge on any atom is 0.336 e. The zero-order valence-electron chi connectivity index (χ0n) is 31.1. The molecule has 10 nitrogen and oxygen atoms in total. The van der Waals surface area contributed by atoms with Crippen molar-refractivity contribution in [3.05, 3.63) is 147 Å². The monoisotopic (exact) mass is 777 g/mol. The zero-order chi connectivity index (χ0) is 38.6. The van der Waals surface area contributed by atoms with E-state index < -0.39 is 34.8 Å². The first-order valence-corrected chi connectivity index (χ1v) is 20.6. The molecule has 0 spiro atoms. The van der Waals surface area contributed by atoms with Crippen LogP contribution in [-0.2, 0) is 47.4 Å². The van der Waals surface area contributed by atoms with Gasteiger partial charge in [-0.05, 0) is 96.0 Å². The number of anilines is 2. The van der Waals surface area contributed by atoms with Gasteiger partial charge in [0, 0.05) is 71.8 Å². The van der Waals surface area contributed by atoms with Gasteiger partial charge in [0.2, 0.25) is 11.1 Å². The Bertz CT molecular complexity index is 2630. The second-order valence-electron chi connectivity index (χ2n) is 15.0. The Labute approximate surface area is 332 Å². The summed E-state index contributed by atoms with van der Waals surface area (Å²) in [5.41, 5.74) is 10.1. The maximum absolute atomic E-state index is 14.2. The molecule has 10 rings (SSSR count). The number of piperidine rings is 1. The van der Waals surface area contributed by atoms with E-state index in [0.717, 1.165) is 70.1 Å². The van der Waals surface area contributed by atoms with E-state index in [1.165, 1.54) is 28.0 Å². The van der Waals surface area contributed by atoms with Crippen molar-refractivity contribution in [3.8, 4) is 11.5 Å². The molecule has 5 aromatic rings. The van der Waals surface area contributed by atoms with Crippen LogP contribution in [0.15, 0.2) is 114 Å². The van der Waals surface area contributed by atoms with Crippen LogP contribution >= 0.6 is 0 Å². The van der Waals surface area contributed by atoms with Gasteiger partial charge in [-0.3, -0.25) is 9.59 Å². The number of aryl methyl sites for hydroxylation is 1. The van der Waals surface area contributed by atoms with Gasteiger partial charge >= 0.3 is 5.97 Å². The van der Waals surface area contributed by atoms with E-state index in [-0.39, 0.29) is 12.8 Å². The molecule has 5 aromatic carbocycles. The van der Waals surface area contributed by atoms with E-state index in [2.05, 4.69) is 89.8 Å². The lowest BCUT2D eigenvalue weighted by atomic mass is 9.92. The molecule has 4 aliphatic heterocycles. The highest BCUT2D eigenvalue weighted by Gasteiger charge is 2.36. The van der Waals surface area contributed by atoms with Gasteiger partial charge in [0.25, 0.3) is 11.8 Å². The molecule has 0 bridgehead atoms. The molecule has 0 N–H and O–H groups in total. The van der Waals surface area contributed by atoms with Gasteiger partial charge < -0.3 is 14.5 Å². The third kappa shape index (κ3) is 6.45. The van der Waals surface area contributed by atoms with Crippen LogP contribution in [-0.4, -0.2) is 51.8 Å².